The van der Waals surface area contributed by atoms with Crippen molar-refractivity contribution in [3.05, 3.63) is 83.7 Å². The molecule has 154 valence electrons. The Balaban J connectivity index is 1.41. The van der Waals surface area contributed by atoms with Gasteiger partial charge in [-0.25, -0.2) is 0 Å². The molecular formula is C24H19N3O4. The van der Waals surface area contributed by atoms with E-state index < -0.39 is 23.8 Å². The third kappa shape index (κ3) is 3.24. The highest BCUT2D eigenvalue weighted by molar-refractivity contribution is 6.24. The molecule has 1 fully saturated rings. The van der Waals surface area contributed by atoms with E-state index in [0.717, 1.165) is 21.4 Å². The Hall–Kier alpha value is -4.00. The van der Waals surface area contributed by atoms with Gasteiger partial charge in [-0.2, -0.15) is 0 Å². The molecule has 31 heavy (non-hydrogen) atoms. The Bertz CT molecular complexity index is 1270. The van der Waals surface area contributed by atoms with Crippen LogP contribution in [-0.2, 0) is 11.4 Å². The summed E-state index contributed by atoms with van der Waals surface area (Å²) in [6.45, 7) is 3.94. The predicted octanol–water partition coefficient (Wildman–Crippen LogP) is 3.20. The molecule has 1 saturated heterocycles. The van der Waals surface area contributed by atoms with Crippen molar-refractivity contribution >= 4 is 28.6 Å². The molecular weight excluding hydrogens is 394 g/mol. The van der Waals surface area contributed by atoms with E-state index in [4.69, 9.17) is 4.74 Å². The highest BCUT2D eigenvalue weighted by atomic mass is 16.5. The molecule has 3 aromatic rings. The van der Waals surface area contributed by atoms with E-state index in [1.54, 1.807) is 24.4 Å². The molecule has 0 spiro atoms. The summed E-state index contributed by atoms with van der Waals surface area (Å²) in [7, 11) is 0. The van der Waals surface area contributed by atoms with Crippen LogP contribution in [0.4, 0.5) is 0 Å². The fourth-order valence-corrected chi connectivity index (χ4v) is 4.04. The van der Waals surface area contributed by atoms with E-state index in [2.05, 4.69) is 16.9 Å². The van der Waals surface area contributed by atoms with Gasteiger partial charge < -0.3 is 10.1 Å². The SMILES string of the molecule is C=C1CCC(N2C(=O)c3cccc(OCc4cnc5ccccc5c4)c3C2=O)C(=O)N1. The van der Waals surface area contributed by atoms with Crippen LogP contribution in [0.3, 0.4) is 0 Å². The van der Waals surface area contributed by atoms with Crippen molar-refractivity contribution in [1.29, 1.82) is 0 Å². The van der Waals surface area contributed by atoms with Gasteiger partial charge in [-0.15, -0.1) is 0 Å². The number of para-hydroxylation sites is 1. The lowest BCUT2D eigenvalue weighted by Crippen LogP contribution is -2.51. The van der Waals surface area contributed by atoms with Gasteiger partial charge in [-0.1, -0.05) is 30.8 Å². The van der Waals surface area contributed by atoms with Crippen molar-refractivity contribution in [1.82, 2.24) is 15.2 Å². The Morgan fingerprint density at radius 1 is 1.10 bits per heavy atom. The third-order valence-corrected chi connectivity index (χ3v) is 5.58. The predicted molar refractivity (Wildman–Crippen MR) is 113 cm³/mol. The van der Waals surface area contributed by atoms with Crippen molar-refractivity contribution in [3.8, 4) is 5.75 Å². The van der Waals surface area contributed by atoms with E-state index in [1.807, 2.05) is 30.3 Å². The number of ether oxygens (including phenoxy) is 1. The van der Waals surface area contributed by atoms with Crippen LogP contribution in [0.15, 0.2) is 67.0 Å². The summed E-state index contributed by atoms with van der Waals surface area (Å²) in [5.41, 5.74) is 2.76. The van der Waals surface area contributed by atoms with Gasteiger partial charge in [0.2, 0.25) is 5.91 Å². The zero-order valence-corrected chi connectivity index (χ0v) is 16.6. The van der Waals surface area contributed by atoms with Crippen LogP contribution < -0.4 is 10.1 Å². The second-order valence-electron chi connectivity index (χ2n) is 7.63. The van der Waals surface area contributed by atoms with E-state index in [0.29, 0.717) is 24.3 Å². The lowest BCUT2D eigenvalue weighted by Gasteiger charge is -2.29. The zero-order valence-electron chi connectivity index (χ0n) is 16.6. The Labute approximate surface area is 178 Å². The molecule has 0 bridgehead atoms. The van der Waals surface area contributed by atoms with Gasteiger partial charge in [0.05, 0.1) is 16.6 Å². The average Bonchev–Trinajstić information content (AvgIpc) is 3.03. The lowest BCUT2D eigenvalue weighted by atomic mass is 10.0. The monoisotopic (exact) mass is 413 g/mol. The number of allylic oxidation sites excluding steroid dienone is 1. The summed E-state index contributed by atoms with van der Waals surface area (Å²) >= 11 is 0. The molecule has 1 N–H and O–H groups in total. The summed E-state index contributed by atoms with van der Waals surface area (Å²) in [4.78, 5) is 43.9. The second kappa shape index (κ2) is 7.36. The average molecular weight is 413 g/mol. The number of hydrogen-bond acceptors (Lipinski definition) is 5. The van der Waals surface area contributed by atoms with Crippen molar-refractivity contribution in [2.24, 2.45) is 0 Å². The zero-order chi connectivity index (χ0) is 21.5. The molecule has 1 unspecified atom stereocenters. The number of fused-ring (bicyclic) bond motifs is 2. The maximum atomic E-state index is 13.2. The fraction of sp³-hybridized carbons (Fsp3) is 0.167. The minimum atomic E-state index is -0.851. The standard InChI is InChI=1S/C24H19N3O4/c1-14-9-10-19(22(28)26-14)27-23(29)17-6-4-8-20(21(17)24(27)30)31-13-15-11-16-5-2-3-7-18(16)25-12-15/h2-8,11-12,19H,1,9-10,13H2,(H,26,28). The number of piperidine rings is 1. The Morgan fingerprint density at radius 3 is 2.77 bits per heavy atom. The topological polar surface area (TPSA) is 88.6 Å². The fourth-order valence-electron chi connectivity index (χ4n) is 4.04. The number of aromatic nitrogens is 1. The number of pyridine rings is 1. The first-order chi connectivity index (χ1) is 15.0. The van der Waals surface area contributed by atoms with E-state index in [1.165, 1.54) is 0 Å². The number of carbonyl (C=O) groups is 3. The molecule has 1 aromatic heterocycles. The van der Waals surface area contributed by atoms with E-state index in [9.17, 15) is 14.4 Å². The first-order valence-corrected chi connectivity index (χ1v) is 9.99. The Kier molecular flexibility index (Phi) is 4.51. The first-order valence-electron chi connectivity index (χ1n) is 9.99. The highest BCUT2D eigenvalue weighted by Crippen LogP contribution is 2.34. The molecule has 7 nitrogen and oxygen atoms in total. The number of nitrogens with one attached hydrogen (secondary N) is 1. The van der Waals surface area contributed by atoms with Gasteiger partial charge in [0.1, 0.15) is 18.4 Å². The number of nitrogens with zero attached hydrogens (tertiary/aromatic N) is 2. The van der Waals surface area contributed by atoms with Crippen molar-refractivity contribution in [2.45, 2.75) is 25.5 Å². The molecule has 1 atom stereocenters. The van der Waals surface area contributed by atoms with Gasteiger partial charge in [-0.05, 0) is 37.1 Å². The molecule has 2 aromatic carbocycles. The van der Waals surface area contributed by atoms with Crippen LogP contribution in [0, 0.1) is 0 Å². The molecule has 5 rings (SSSR count). The minimum absolute atomic E-state index is 0.193. The van der Waals surface area contributed by atoms with Crippen LogP contribution in [0.1, 0.15) is 39.1 Å². The van der Waals surface area contributed by atoms with Gasteiger partial charge in [-0.3, -0.25) is 24.3 Å². The summed E-state index contributed by atoms with van der Waals surface area (Å²) in [6.07, 6.45) is 2.60. The van der Waals surface area contributed by atoms with Gasteiger partial charge >= 0.3 is 0 Å². The summed E-state index contributed by atoms with van der Waals surface area (Å²) in [5.74, 6) is -1.08. The third-order valence-electron chi connectivity index (χ3n) is 5.58. The number of hydrogen-bond donors (Lipinski definition) is 1. The number of rotatable bonds is 4. The van der Waals surface area contributed by atoms with Crippen molar-refractivity contribution in [3.63, 3.8) is 0 Å². The van der Waals surface area contributed by atoms with Crippen molar-refractivity contribution in [2.75, 3.05) is 0 Å². The Morgan fingerprint density at radius 2 is 1.94 bits per heavy atom. The van der Waals surface area contributed by atoms with E-state index >= 15 is 0 Å². The normalized spacial score (nSPS) is 18.3. The molecule has 0 saturated carbocycles. The van der Waals surface area contributed by atoms with Crippen LogP contribution >= 0.6 is 0 Å². The van der Waals surface area contributed by atoms with Gasteiger partial charge in [0.25, 0.3) is 11.8 Å². The highest BCUT2D eigenvalue weighted by Gasteiger charge is 2.45. The largest absolute Gasteiger partial charge is 0.488 e. The number of benzene rings is 2. The molecule has 7 heteroatoms. The molecule has 0 radical (unpaired) electrons. The van der Waals surface area contributed by atoms with Crippen LogP contribution in [0.5, 0.6) is 5.75 Å². The summed E-state index contributed by atoms with van der Waals surface area (Å²) in [6, 6.07) is 13.8. The van der Waals surface area contributed by atoms with E-state index in [-0.39, 0.29) is 17.7 Å². The molecule has 3 amide bonds. The molecule has 0 aliphatic carbocycles. The first kappa shape index (κ1) is 19.0. The summed E-state index contributed by atoms with van der Waals surface area (Å²) < 4.78 is 5.93. The minimum Gasteiger partial charge on any atom is -0.488 e. The quantitative estimate of drug-likeness (QED) is 0.664. The number of amides is 3. The van der Waals surface area contributed by atoms with Gasteiger partial charge in [0.15, 0.2) is 0 Å². The van der Waals surface area contributed by atoms with Crippen molar-refractivity contribution < 1.29 is 19.1 Å². The number of carbonyl (C=O) groups excluding carboxylic acids is 3. The molecule has 2 aliphatic heterocycles. The van der Waals surface area contributed by atoms with Crippen LogP contribution in [-0.4, -0.2) is 33.6 Å². The second-order valence-corrected chi connectivity index (χ2v) is 7.63. The maximum Gasteiger partial charge on any atom is 0.266 e. The summed E-state index contributed by atoms with van der Waals surface area (Å²) in [5, 5.41) is 3.62. The lowest BCUT2D eigenvalue weighted by molar-refractivity contribution is -0.125. The van der Waals surface area contributed by atoms with Crippen LogP contribution in [0.2, 0.25) is 0 Å². The number of imide groups is 1. The molecule has 2 aliphatic rings. The smallest absolute Gasteiger partial charge is 0.266 e. The van der Waals surface area contributed by atoms with Gasteiger partial charge in [0, 0.05) is 22.8 Å². The molecule has 3 heterocycles. The maximum absolute atomic E-state index is 13.2. The van der Waals surface area contributed by atoms with Crippen LogP contribution in [0.25, 0.3) is 10.9 Å².